The topological polar surface area (TPSA) is 47.4 Å². The number of rotatable bonds is 5. The van der Waals surface area contributed by atoms with E-state index < -0.39 is 0 Å². The molecule has 26 heavy (non-hydrogen) atoms. The molecule has 0 atom stereocenters. The number of fused-ring (bicyclic) bond motifs is 1. The van der Waals surface area contributed by atoms with E-state index in [0.717, 1.165) is 49.6 Å². The molecule has 1 fully saturated rings. The Bertz CT molecular complexity index is 944. The molecule has 0 unspecified atom stereocenters. The van der Waals surface area contributed by atoms with Gasteiger partial charge in [-0.25, -0.2) is 4.98 Å². The molecule has 0 N–H and O–H groups in total. The summed E-state index contributed by atoms with van der Waals surface area (Å²) < 4.78 is 7.71. The van der Waals surface area contributed by atoms with Gasteiger partial charge in [-0.15, -0.1) is 11.3 Å². The quantitative estimate of drug-likeness (QED) is 0.494. The Balaban J connectivity index is 1.58. The number of pyridine rings is 1. The molecule has 0 aromatic carbocycles. The fourth-order valence-corrected chi connectivity index (χ4v) is 4.70. The first kappa shape index (κ1) is 17.7. The van der Waals surface area contributed by atoms with E-state index in [0.29, 0.717) is 10.4 Å². The van der Waals surface area contributed by atoms with Crippen LogP contribution in [0.25, 0.3) is 10.2 Å². The lowest BCUT2D eigenvalue weighted by Crippen LogP contribution is -2.38. The van der Waals surface area contributed by atoms with Crippen LogP contribution in [-0.2, 0) is 11.3 Å². The van der Waals surface area contributed by atoms with Gasteiger partial charge >= 0.3 is 0 Å². The maximum atomic E-state index is 12.8. The molecule has 1 aliphatic rings. The van der Waals surface area contributed by atoms with Gasteiger partial charge in [0.05, 0.1) is 23.7 Å². The molecular formula is C19H20ClN3O2S. The number of aryl methyl sites for hydroxylation is 1. The molecule has 136 valence electrons. The highest BCUT2D eigenvalue weighted by atomic mass is 35.5. The highest BCUT2D eigenvalue weighted by molar-refractivity contribution is 7.20. The Kier molecular flexibility index (Phi) is 5.09. The van der Waals surface area contributed by atoms with E-state index in [-0.39, 0.29) is 10.9 Å². The van der Waals surface area contributed by atoms with E-state index in [1.165, 1.54) is 17.0 Å². The van der Waals surface area contributed by atoms with Gasteiger partial charge in [0.1, 0.15) is 9.98 Å². The molecule has 4 heterocycles. The molecule has 1 aliphatic heterocycles. The fourth-order valence-electron chi connectivity index (χ4n) is 3.32. The van der Waals surface area contributed by atoms with Crippen LogP contribution in [-0.4, -0.2) is 53.1 Å². The molecule has 3 aromatic heterocycles. The van der Waals surface area contributed by atoms with Gasteiger partial charge in [-0.1, -0.05) is 11.6 Å². The van der Waals surface area contributed by atoms with Crippen molar-refractivity contribution in [3.8, 4) is 0 Å². The Morgan fingerprint density at radius 3 is 2.88 bits per heavy atom. The predicted octanol–water partition coefficient (Wildman–Crippen LogP) is 3.62. The van der Waals surface area contributed by atoms with Gasteiger partial charge in [-0.05, 0) is 31.2 Å². The normalized spacial score (nSPS) is 15.6. The van der Waals surface area contributed by atoms with Crippen molar-refractivity contribution in [2.75, 3.05) is 32.8 Å². The van der Waals surface area contributed by atoms with Crippen LogP contribution in [0.2, 0.25) is 5.15 Å². The second kappa shape index (κ2) is 7.48. The zero-order valence-corrected chi connectivity index (χ0v) is 16.1. The minimum absolute atomic E-state index is 0.0679. The summed E-state index contributed by atoms with van der Waals surface area (Å²) in [4.78, 5) is 21.1. The Labute approximate surface area is 161 Å². The summed E-state index contributed by atoms with van der Waals surface area (Å²) in [7, 11) is 0. The minimum Gasteiger partial charge on any atom is -0.379 e. The zero-order valence-electron chi connectivity index (χ0n) is 14.6. The first-order chi connectivity index (χ1) is 12.6. The summed E-state index contributed by atoms with van der Waals surface area (Å²) in [6, 6.07) is 7.57. The number of thiophene rings is 1. The van der Waals surface area contributed by atoms with Crippen LogP contribution in [0.4, 0.5) is 0 Å². The lowest BCUT2D eigenvalue weighted by Gasteiger charge is -2.26. The lowest BCUT2D eigenvalue weighted by molar-refractivity contribution is 0.0365. The van der Waals surface area contributed by atoms with Gasteiger partial charge in [-0.2, -0.15) is 0 Å². The maximum absolute atomic E-state index is 12.8. The SMILES string of the molecule is Cc1cc2cc(C(=O)c3cccnc3Cl)sc2n1CCN1CCOCC1. The Morgan fingerprint density at radius 2 is 2.12 bits per heavy atom. The van der Waals surface area contributed by atoms with Crippen molar-refractivity contribution in [2.24, 2.45) is 0 Å². The van der Waals surface area contributed by atoms with E-state index in [2.05, 4.69) is 27.4 Å². The maximum Gasteiger partial charge on any atom is 0.206 e. The number of ketones is 1. The van der Waals surface area contributed by atoms with Crippen LogP contribution in [0.3, 0.4) is 0 Å². The van der Waals surface area contributed by atoms with Crippen LogP contribution < -0.4 is 0 Å². The molecule has 0 bridgehead atoms. The molecule has 0 saturated carbocycles. The number of halogens is 1. The number of ether oxygens (including phenoxy) is 1. The van der Waals surface area contributed by atoms with Gasteiger partial charge in [0.2, 0.25) is 5.78 Å². The number of hydrogen-bond acceptors (Lipinski definition) is 5. The highest BCUT2D eigenvalue weighted by Gasteiger charge is 2.19. The largest absolute Gasteiger partial charge is 0.379 e. The summed E-state index contributed by atoms with van der Waals surface area (Å²) >= 11 is 7.61. The van der Waals surface area contributed by atoms with Crippen LogP contribution in [0.1, 0.15) is 20.9 Å². The molecule has 7 heteroatoms. The molecule has 3 aromatic rings. The van der Waals surface area contributed by atoms with Crippen LogP contribution in [0.5, 0.6) is 0 Å². The number of carbonyl (C=O) groups excluding carboxylic acids is 1. The van der Waals surface area contributed by atoms with Gasteiger partial charge in [0.15, 0.2) is 0 Å². The highest BCUT2D eigenvalue weighted by Crippen LogP contribution is 2.31. The average molecular weight is 390 g/mol. The summed E-state index contributed by atoms with van der Waals surface area (Å²) in [5.41, 5.74) is 1.67. The van der Waals surface area contributed by atoms with Gasteiger partial charge in [0, 0.05) is 43.5 Å². The predicted molar refractivity (Wildman–Crippen MR) is 104 cm³/mol. The van der Waals surface area contributed by atoms with E-state index in [1.807, 2.05) is 6.07 Å². The summed E-state index contributed by atoms with van der Waals surface area (Å²) in [5, 5.41) is 1.36. The molecule has 5 nitrogen and oxygen atoms in total. The van der Waals surface area contributed by atoms with Crippen LogP contribution >= 0.6 is 22.9 Å². The van der Waals surface area contributed by atoms with Crippen LogP contribution in [0, 0.1) is 6.92 Å². The zero-order chi connectivity index (χ0) is 18.1. The third kappa shape index (κ3) is 3.42. The number of nitrogens with zero attached hydrogens (tertiary/aromatic N) is 3. The van der Waals surface area contributed by atoms with Crippen molar-refractivity contribution in [1.82, 2.24) is 14.5 Å². The molecular weight excluding hydrogens is 370 g/mol. The monoisotopic (exact) mass is 389 g/mol. The summed E-state index contributed by atoms with van der Waals surface area (Å²) in [6.45, 7) is 7.60. The minimum atomic E-state index is -0.0679. The third-order valence-corrected chi connectivity index (χ3v) is 6.22. The van der Waals surface area contributed by atoms with E-state index in [9.17, 15) is 4.79 Å². The van der Waals surface area contributed by atoms with Gasteiger partial charge < -0.3 is 9.30 Å². The second-order valence-corrected chi connectivity index (χ2v) is 7.82. The Hall–Kier alpha value is -1.73. The molecule has 0 radical (unpaired) electrons. The average Bonchev–Trinajstić information content (AvgIpc) is 3.18. The fraction of sp³-hybridized carbons (Fsp3) is 0.368. The van der Waals surface area contributed by atoms with Crippen molar-refractivity contribution < 1.29 is 9.53 Å². The first-order valence-electron chi connectivity index (χ1n) is 8.68. The van der Waals surface area contributed by atoms with Crippen molar-refractivity contribution >= 4 is 38.9 Å². The molecule has 4 rings (SSSR count). The van der Waals surface area contributed by atoms with Crippen molar-refractivity contribution in [1.29, 1.82) is 0 Å². The number of morpholine rings is 1. The van der Waals surface area contributed by atoms with E-state index >= 15 is 0 Å². The van der Waals surface area contributed by atoms with Crippen molar-refractivity contribution in [3.63, 3.8) is 0 Å². The second-order valence-electron chi connectivity index (χ2n) is 6.43. The number of carbonyl (C=O) groups is 1. The van der Waals surface area contributed by atoms with Crippen LogP contribution in [0.15, 0.2) is 30.5 Å². The lowest BCUT2D eigenvalue weighted by atomic mass is 10.1. The molecule has 0 aliphatic carbocycles. The molecule has 1 saturated heterocycles. The van der Waals surface area contributed by atoms with E-state index in [1.54, 1.807) is 18.3 Å². The molecule has 0 amide bonds. The van der Waals surface area contributed by atoms with Gasteiger partial charge in [-0.3, -0.25) is 9.69 Å². The van der Waals surface area contributed by atoms with E-state index in [4.69, 9.17) is 16.3 Å². The van der Waals surface area contributed by atoms with Gasteiger partial charge in [0.25, 0.3) is 0 Å². The smallest absolute Gasteiger partial charge is 0.206 e. The van der Waals surface area contributed by atoms with Crippen molar-refractivity contribution in [2.45, 2.75) is 13.5 Å². The van der Waals surface area contributed by atoms with Crippen molar-refractivity contribution in [3.05, 3.63) is 51.7 Å². The molecule has 0 spiro atoms. The Morgan fingerprint density at radius 1 is 1.31 bits per heavy atom. The number of aromatic nitrogens is 2. The standard InChI is InChI=1S/C19H20ClN3O2S/c1-13-11-14-12-16(17(24)15-3-2-4-21-18(15)20)26-19(14)23(13)6-5-22-7-9-25-10-8-22/h2-4,11-12H,5-10H2,1H3. The third-order valence-electron chi connectivity index (χ3n) is 4.75. The first-order valence-corrected chi connectivity index (χ1v) is 9.88. The summed E-state index contributed by atoms with van der Waals surface area (Å²) in [5.74, 6) is -0.0679. The summed E-state index contributed by atoms with van der Waals surface area (Å²) in [6.07, 6.45) is 1.59. The number of hydrogen-bond donors (Lipinski definition) is 0.